The van der Waals surface area contributed by atoms with E-state index < -0.39 is 0 Å². The van der Waals surface area contributed by atoms with Gasteiger partial charge in [0.2, 0.25) is 11.9 Å². The van der Waals surface area contributed by atoms with Crippen molar-refractivity contribution in [1.29, 1.82) is 0 Å². The zero-order valence-corrected chi connectivity index (χ0v) is 7.21. The van der Waals surface area contributed by atoms with Gasteiger partial charge in [0, 0.05) is 18.9 Å². The van der Waals surface area contributed by atoms with Crippen LogP contribution in [0, 0.1) is 5.92 Å². The number of imidazole rings is 1. The van der Waals surface area contributed by atoms with Crippen molar-refractivity contribution >= 4 is 11.9 Å². The molecule has 1 aliphatic heterocycles. The van der Waals surface area contributed by atoms with Crippen LogP contribution in [-0.4, -0.2) is 29.0 Å². The molecule has 5 nitrogen and oxygen atoms in total. The molecule has 70 valence electrons. The van der Waals surface area contributed by atoms with Crippen LogP contribution in [0.2, 0.25) is 0 Å². The first-order chi connectivity index (χ1) is 6.36. The summed E-state index contributed by atoms with van der Waals surface area (Å²) in [6, 6.07) is 0. The first-order valence-electron chi connectivity index (χ1n) is 4.37. The number of aromatic amines is 1. The van der Waals surface area contributed by atoms with Gasteiger partial charge in [0.25, 0.3) is 0 Å². The Morgan fingerprint density at radius 1 is 1.69 bits per heavy atom. The highest BCUT2D eigenvalue weighted by Crippen LogP contribution is 2.09. The van der Waals surface area contributed by atoms with Crippen molar-refractivity contribution in [1.82, 2.24) is 15.3 Å². The van der Waals surface area contributed by atoms with E-state index in [9.17, 15) is 4.79 Å². The van der Waals surface area contributed by atoms with Crippen molar-refractivity contribution in [2.45, 2.75) is 6.42 Å². The number of hydrogen-bond donors (Lipinski definition) is 3. The maximum Gasteiger partial charge on any atom is 0.231 e. The number of hydrogen-bond acceptors (Lipinski definition) is 3. The minimum absolute atomic E-state index is 0.0416. The van der Waals surface area contributed by atoms with Crippen molar-refractivity contribution in [3.05, 3.63) is 12.4 Å². The van der Waals surface area contributed by atoms with Crippen molar-refractivity contribution in [3.63, 3.8) is 0 Å². The summed E-state index contributed by atoms with van der Waals surface area (Å²) in [7, 11) is 0. The number of carbonyl (C=O) groups is 1. The zero-order chi connectivity index (χ0) is 9.10. The Balaban J connectivity index is 1.91. The van der Waals surface area contributed by atoms with E-state index in [4.69, 9.17) is 0 Å². The molecule has 0 aliphatic carbocycles. The summed E-state index contributed by atoms with van der Waals surface area (Å²) in [5, 5.41) is 5.86. The fourth-order valence-corrected chi connectivity index (χ4v) is 1.43. The van der Waals surface area contributed by atoms with E-state index in [2.05, 4.69) is 20.6 Å². The molecule has 1 amide bonds. The van der Waals surface area contributed by atoms with E-state index >= 15 is 0 Å². The SMILES string of the molecule is O=C(Nc1ncc[nH]1)C1CCNC1. The van der Waals surface area contributed by atoms with E-state index in [1.54, 1.807) is 12.4 Å². The molecule has 1 atom stereocenters. The Morgan fingerprint density at radius 2 is 2.62 bits per heavy atom. The normalized spacial score (nSPS) is 21.7. The van der Waals surface area contributed by atoms with Gasteiger partial charge in [0.05, 0.1) is 5.92 Å². The second-order valence-corrected chi connectivity index (χ2v) is 3.12. The van der Waals surface area contributed by atoms with Crippen molar-refractivity contribution < 1.29 is 4.79 Å². The molecule has 0 saturated carbocycles. The topological polar surface area (TPSA) is 69.8 Å². The van der Waals surface area contributed by atoms with Crippen molar-refractivity contribution in [2.75, 3.05) is 18.4 Å². The summed E-state index contributed by atoms with van der Waals surface area (Å²) in [6.45, 7) is 1.70. The fourth-order valence-electron chi connectivity index (χ4n) is 1.43. The molecule has 5 heteroatoms. The highest BCUT2D eigenvalue weighted by molar-refractivity contribution is 5.91. The zero-order valence-electron chi connectivity index (χ0n) is 7.21. The molecule has 0 spiro atoms. The maximum absolute atomic E-state index is 11.5. The van der Waals surface area contributed by atoms with Gasteiger partial charge in [-0.25, -0.2) is 4.98 Å². The predicted octanol–water partition coefficient (Wildman–Crippen LogP) is -0.0423. The lowest BCUT2D eigenvalue weighted by atomic mass is 10.1. The number of aromatic nitrogens is 2. The number of carbonyl (C=O) groups excluding carboxylic acids is 1. The summed E-state index contributed by atoms with van der Waals surface area (Å²) in [4.78, 5) is 18.2. The molecule has 0 bridgehead atoms. The largest absolute Gasteiger partial charge is 0.331 e. The Kier molecular flexibility index (Phi) is 2.27. The van der Waals surface area contributed by atoms with Crippen LogP contribution in [0.1, 0.15) is 6.42 Å². The van der Waals surface area contributed by atoms with Gasteiger partial charge in [0.1, 0.15) is 0 Å². The smallest absolute Gasteiger partial charge is 0.231 e. The molecular weight excluding hydrogens is 168 g/mol. The van der Waals surface area contributed by atoms with Crippen molar-refractivity contribution in [3.8, 4) is 0 Å². The average Bonchev–Trinajstić information content (AvgIpc) is 2.74. The van der Waals surface area contributed by atoms with Gasteiger partial charge in [-0.3, -0.25) is 10.1 Å². The Hall–Kier alpha value is -1.36. The third-order valence-corrected chi connectivity index (χ3v) is 2.17. The molecule has 2 heterocycles. The maximum atomic E-state index is 11.5. The lowest BCUT2D eigenvalue weighted by molar-refractivity contribution is -0.119. The first kappa shape index (κ1) is 8.25. The van der Waals surface area contributed by atoms with Gasteiger partial charge in [-0.2, -0.15) is 0 Å². The molecule has 2 rings (SSSR count). The van der Waals surface area contributed by atoms with Gasteiger partial charge < -0.3 is 10.3 Å². The highest BCUT2D eigenvalue weighted by Gasteiger charge is 2.22. The number of amides is 1. The van der Waals surface area contributed by atoms with Crippen LogP contribution in [-0.2, 0) is 4.79 Å². The van der Waals surface area contributed by atoms with Gasteiger partial charge in [-0.1, -0.05) is 0 Å². The standard InChI is InChI=1S/C8H12N4O/c13-7(6-1-2-9-5-6)12-8-10-3-4-11-8/h3-4,6,9H,1-2,5H2,(H2,10,11,12,13). The van der Waals surface area contributed by atoms with Crippen molar-refractivity contribution in [2.24, 2.45) is 5.92 Å². The number of nitrogens with zero attached hydrogens (tertiary/aromatic N) is 1. The molecule has 13 heavy (non-hydrogen) atoms. The van der Waals surface area contributed by atoms with Gasteiger partial charge in [-0.15, -0.1) is 0 Å². The molecule has 1 fully saturated rings. The molecule has 1 aliphatic rings. The minimum Gasteiger partial charge on any atom is -0.331 e. The number of nitrogens with one attached hydrogen (secondary N) is 3. The van der Waals surface area contributed by atoms with Crippen LogP contribution in [0.15, 0.2) is 12.4 Å². The average molecular weight is 180 g/mol. The lowest BCUT2D eigenvalue weighted by Crippen LogP contribution is -2.25. The Labute approximate surface area is 75.9 Å². The molecule has 1 unspecified atom stereocenters. The molecule has 3 N–H and O–H groups in total. The van der Waals surface area contributed by atoms with E-state index in [0.29, 0.717) is 5.95 Å². The van der Waals surface area contributed by atoms with Gasteiger partial charge >= 0.3 is 0 Å². The van der Waals surface area contributed by atoms with E-state index in [1.807, 2.05) is 0 Å². The lowest BCUT2D eigenvalue weighted by Gasteiger charge is -2.06. The summed E-state index contributed by atoms with van der Waals surface area (Å²) in [5.74, 6) is 0.655. The molecule has 1 aromatic rings. The second kappa shape index (κ2) is 3.57. The van der Waals surface area contributed by atoms with E-state index in [1.165, 1.54) is 0 Å². The van der Waals surface area contributed by atoms with Crippen LogP contribution in [0.3, 0.4) is 0 Å². The summed E-state index contributed by atoms with van der Waals surface area (Å²) in [6.07, 6.45) is 4.21. The third kappa shape index (κ3) is 1.86. The number of anilines is 1. The molecule has 0 radical (unpaired) electrons. The van der Waals surface area contributed by atoms with E-state index in [0.717, 1.165) is 19.5 Å². The summed E-state index contributed by atoms with van der Waals surface area (Å²) in [5.41, 5.74) is 0. The van der Waals surface area contributed by atoms with Crippen LogP contribution < -0.4 is 10.6 Å². The van der Waals surface area contributed by atoms with Crippen LogP contribution in [0.5, 0.6) is 0 Å². The molecule has 1 saturated heterocycles. The first-order valence-corrected chi connectivity index (χ1v) is 4.37. The molecule has 0 aromatic carbocycles. The summed E-state index contributed by atoms with van der Waals surface area (Å²) >= 11 is 0. The van der Waals surface area contributed by atoms with Crippen LogP contribution >= 0.6 is 0 Å². The molecule has 1 aromatic heterocycles. The fraction of sp³-hybridized carbons (Fsp3) is 0.500. The third-order valence-electron chi connectivity index (χ3n) is 2.17. The number of H-pyrrole nitrogens is 1. The quantitative estimate of drug-likeness (QED) is 0.598. The predicted molar refractivity (Wildman–Crippen MR) is 48.2 cm³/mol. The Bertz CT molecular complexity index is 276. The van der Waals surface area contributed by atoms with Crippen LogP contribution in [0.4, 0.5) is 5.95 Å². The Morgan fingerprint density at radius 3 is 3.23 bits per heavy atom. The minimum atomic E-state index is 0.0416. The molecular formula is C8H12N4O. The van der Waals surface area contributed by atoms with Gasteiger partial charge in [0.15, 0.2) is 0 Å². The highest BCUT2D eigenvalue weighted by atomic mass is 16.2. The van der Waals surface area contributed by atoms with E-state index in [-0.39, 0.29) is 11.8 Å². The summed E-state index contributed by atoms with van der Waals surface area (Å²) < 4.78 is 0. The second-order valence-electron chi connectivity index (χ2n) is 3.12. The number of rotatable bonds is 2. The monoisotopic (exact) mass is 180 g/mol. The van der Waals surface area contributed by atoms with Crippen LogP contribution in [0.25, 0.3) is 0 Å². The van der Waals surface area contributed by atoms with Gasteiger partial charge in [-0.05, 0) is 13.0 Å².